The van der Waals surface area contributed by atoms with E-state index >= 15 is 0 Å². The van der Waals surface area contributed by atoms with E-state index in [1.54, 1.807) is 0 Å². The standard InChI is InChI=1S/C47H30N2O/c1-2-10-31(11-3-1)32-18-23-35(24-19-32)49(47-46-41-16-8-9-17-44(41)50-45(46)28-29-48-47)36-25-20-34(21-26-36)42-30-43-37-13-5-4-12-33(37)22-27-40(43)38-14-6-7-15-39(38)42/h1-30H. The van der Waals surface area contributed by atoms with E-state index in [0.717, 1.165) is 39.1 Å². The zero-order chi connectivity index (χ0) is 33.0. The van der Waals surface area contributed by atoms with E-state index in [2.05, 4.69) is 157 Å². The Morgan fingerprint density at radius 2 is 1.00 bits per heavy atom. The number of pyridine rings is 1. The molecule has 3 heteroatoms. The maximum absolute atomic E-state index is 6.31. The summed E-state index contributed by atoms with van der Waals surface area (Å²) < 4.78 is 6.31. The molecule has 2 aromatic heterocycles. The molecule has 50 heavy (non-hydrogen) atoms. The highest BCUT2D eigenvalue weighted by atomic mass is 16.3. The van der Waals surface area contributed by atoms with Crippen LogP contribution in [0.25, 0.3) is 76.5 Å². The summed E-state index contributed by atoms with van der Waals surface area (Å²) in [5.74, 6) is 0.829. The maximum Gasteiger partial charge on any atom is 0.149 e. The average molecular weight is 639 g/mol. The lowest BCUT2D eigenvalue weighted by Gasteiger charge is -2.25. The first kappa shape index (κ1) is 28.3. The number of rotatable bonds is 5. The molecule has 10 aromatic rings. The zero-order valence-electron chi connectivity index (χ0n) is 27.1. The van der Waals surface area contributed by atoms with Gasteiger partial charge in [0.05, 0.1) is 5.39 Å². The highest BCUT2D eigenvalue weighted by Gasteiger charge is 2.21. The van der Waals surface area contributed by atoms with Gasteiger partial charge >= 0.3 is 0 Å². The van der Waals surface area contributed by atoms with E-state index in [9.17, 15) is 0 Å². The minimum atomic E-state index is 0.814. The molecule has 0 spiro atoms. The van der Waals surface area contributed by atoms with Gasteiger partial charge in [0.1, 0.15) is 17.0 Å². The fraction of sp³-hybridized carbons (Fsp3) is 0. The monoisotopic (exact) mass is 638 g/mol. The molecule has 0 bridgehead atoms. The van der Waals surface area contributed by atoms with E-state index < -0.39 is 0 Å². The van der Waals surface area contributed by atoms with Crippen LogP contribution in [0, 0.1) is 0 Å². The third-order valence-corrected chi connectivity index (χ3v) is 9.92. The molecule has 0 aliphatic rings. The Balaban J connectivity index is 1.16. The summed E-state index contributed by atoms with van der Waals surface area (Å²) in [7, 11) is 0. The van der Waals surface area contributed by atoms with E-state index in [0.29, 0.717) is 0 Å². The third-order valence-electron chi connectivity index (χ3n) is 9.92. The van der Waals surface area contributed by atoms with Gasteiger partial charge < -0.3 is 4.42 Å². The molecule has 0 aliphatic heterocycles. The topological polar surface area (TPSA) is 29.3 Å². The van der Waals surface area contributed by atoms with E-state index in [4.69, 9.17) is 9.40 Å². The van der Waals surface area contributed by atoms with Crippen LogP contribution in [0.5, 0.6) is 0 Å². The van der Waals surface area contributed by atoms with Gasteiger partial charge in [0.2, 0.25) is 0 Å². The van der Waals surface area contributed by atoms with Gasteiger partial charge in [-0.2, -0.15) is 0 Å². The van der Waals surface area contributed by atoms with Crippen LogP contribution >= 0.6 is 0 Å². The van der Waals surface area contributed by atoms with Crippen molar-refractivity contribution in [1.82, 2.24) is 4.98 Å². The number of hydrogen-bond donors (Lipinski definition) is 0. The Bertz CT molecular complexity index is 2850. The van der Waals surface area contributed by atoms with Crippen LogP contribution in [0.15, 0.2) is 187 Å². The molecule has 0 N–H and O–H groups in total. The number of anilines is 3. The van der Waals surface area contributed by atoms with Crippen molar-refractivity contribution in [1.29, 1.82) is 0 Å². The van der Waals surface area contributed by atoms with Crippen LogP contribution in [0.4, 0.5) is 17.2 Å². The third kappa shape index (κ3) is 4.56. The lowest BCUT2D eigenvalue weighted by Crippen LogP contribution is -2.11. The van der Waals surface area contributed by atoms with E-state index in [1.165, 1.54) is 54.6 Å². The van der Waals surface area contributed by atoms with Crippen molar-refractivity contribution >= 4 is 71.4 Å². The summed E-state index contributed by atoms with van der Waals surface area (Å²) in [4.78, 5) is 7.26. The van der Waals surface area contributed by atoms with Crippen molar-refractivity contribution in [3.63, 3.8) is 0 Å². The van der Waals surface area contributed by atoms with E-state index in [-0.39, 0.29) is 0 Å². The molecule has 0 atom stereocenters. The summed E-state index contributed by atoms with van der Waals surface area (Å²) in [6, 6.07) is 62.6. The maximum atomic E-state index is 6.31. The highest BCUT2D eigenvalue weighted by Crippen LogP contribution is 2.43. The summed E-state index contributed by atoms with van der Waals surface area (Å²) >= 11 is 0. The molecule has 0 saturated carbocycles. The minimum Gasteiger partial charge on any atom is -0.456 e. The molecular weight excluding hydrogens is 609 g/mol. The first-order chi connectivity index (χ1) is 24.8. The minimum absolute atomic E-state index is 0.814. The first-order valence-electron chi connectivity index (χ1n) is 17.0. The normalized spacial score (nSPS) is 11.6. The highest BCUT2D eigenvalue weighted by molar-refractivity contribution is 6.21. The van der Waals surface area contributed by atoms with Crippen LogP contribution < -0.4 is 4.90 Å². The quantitative estimate of drug-likeness (QED) is 0.176. The molecule has 8 aromatic carbocycles. The summed E-state index contributed by atoms with van der Waals surface area (Å²) in [6.07, 6.45) is 1.84. The molecule has 0 saturated heterocycles. The number of furan rings is 1. The van der Waals surface area contributed by atoms with Crippen LogP contribution in [-0.4, -0.2) is 4.98 Å². The van der Waals surface area contributed by atoms with Crippen LogP contribution in [0.3, 0.4) is 0 Å². The number of fused-ring (bicyclic) bond motifs is 8. The molecule has 2 heterocycles. The van der Waals surface area contributed by atoms with Crippen molar-refractivity contribution in [2.45, 2.75) is 0 Å². The molecule has 0 radical (unpaired) electrons. The summed E-state index contributed by atoms with van der Waals surface area (Å²) in [5.41, 5.74) is 8.43. The SMILES string of the molecule is c1ccc(-c2ccc(N(c3ccc(-c4cc5c6ccccc6ccc5c5ccccc45)cc3)c3nccc4oc5ccccc5c34)cc2)cc1. The van der Waals surface area contributed by atoms with Crippen LogP contribution in [0.1, 0.15) is 0 Å². The number of aromatic nitrogens is 1. The second-order valence-electron chi connectivity index (χ2n) is 12.8. The smallest absolute Gasteiger partial charge is 0.149 e. The van der Waals surface area contributed by atoms with Gasteiger partial charge in [-0.05, 0) is 97.0 Å². The number of hydrogen-bond acceptors (Lipinski definition) is 3. The Labute approximate surface area is 289 Å². The van der Waals surface area contributed by atoms with Crippen molar-refractivity contribution < 1.29 is 4.42 Å². The lowest BCUT2D eigenvalue weighted by molar-refractivity contribution is 0.668. The fourth-order valence-corrected chi connectivity index (χ4v) is 7.54. The molecule has 0 unspecified atom stereocenters. The van der Waals surface area contributed by atoms with E-state index in [1.807, 2.05) is 30.5 Å². The number of nitrogens with zero attached hydrogens (tertiary/aromatic N) is 2. The Morgan fingerprint density at radius 3 is 1.78 bits per heavy atom. The number of benzene rings is 8. The van der Waals surface area contributed by atoms with Crippen molar-refractivity contribution in [3.8, 4) is 22.3 Å². The van der Waals surface area contributed by atoms with Gasteiger partial charge in [-0.3, -0.25) is 4.90 Å². The molecule has 0 aliphatic carbocycles. The second-order valence-corrected chi connectivity index (χ2v) is 12.8. The predicted molar refractivity (Wildman–Crippen MR) is 210 cm³/mol. The zero-order valence-corrected chi connectivity index (χ0v) is 27.1. The van der Waals surface area contributed by atoms with Gasteiger partial charge in [-0.15, -0.1) is 0 Å². The first-order valence-corrected chi connectivity index (χ1v) is 17.0. The molecular formula is C47H30N2O. The average Bonchev–Trinajstić information content (AvgIpc) is 3.58. The summed E-state index contributed by atoms with van der Waals surface area (Å²) in [6.45, 7) is 0. The second kappa shape index (κ2) is 11.5. The van der Waals surface area contributed by atoms with Gasteiger partial charge in [0, 0.05) is 23.0 Å². The van der Waals surface area contributed by atoms with Gasteiger partial charge in [-0.25, -0.2) is 4.98 Å². The fourth-order valence-electron chi connectivity index (χ4n) is 7.54. The van der Waals surface area contributed by atoms with Gasteiger partial charge in [0.25, 0.3) is 0 Å². The van der Waals surface area contributed by atoms with Crippen molar-refractivity contribution in [3.05, 3.63) is 182 Å². The predicted octanol–water partition coefficient (Wildman–Crippen LogP) is 13.2. The largest absolute Gasteiger partial charge is 0.456 e. The molecule has 0 fully saturated rings. The molecule has 234 valence electrons. The molecule has 10 rings (SSSR count). The Hall–Kier alpha value is -6.71. The number of para-hydroxylation sites is 1. The van der Waals surface area contributed by atoms with Crippen molar-refractivity contribution in [2.24, 2.45) is 0 Å². The Kier molecular flexibility index (Phi) is 6.49. The molecule has 0 amide bonds. The lowest BCUT2D eigenvalue weighted by atomic mass is 9.91. The van der Waals surface area contributed by atoms with Gasteiger partial charge in [0.15, 0.2) is 0 Å². The van der Waals surface area contributed by atoms with Gasteiger partial charge in [-0.1, -0.05) is 133 Å². The van der Waals surface area contributed by atoms with Crippen LogP contribution in [0.2, 0.25) is 0 Å². The Morgan fingerprint density at radius 1 is 0.400 bits per heavy atom. The van der Waals surface area contributed by atoms with Crippen molar-refractivity contribution in [2.75, 3.05) is 4.90 Å². The molecule has 3 nitrogen and oxygen atoms in total. The summed E-state index contributed by atoms with van der Waals surface area (Å²) in [5, 5.41) is 9.60. The van der Waals surface area contributed by atoms with Crippen LogP contribution in [-0.2, 0) is 0 Å².